The topological polar surface area (TPSA) is 72.2 Å². The zero-order valence-corrected chi connectivity index (χ0v) is 11.4. The number of nitrogens with two attached hydrogens (primary N) is 1. The van der Waals surface area contributed by atoms with Gasteiger partial charge in [0.05, 0.1) is 16.8 Å². The van der Waals surface area contributed by atoms with E-state index < -0.39 is 46.6 Å². The summed E-state index contributed by atoms with van der Waals surface area (Å²) in [5.41, 5.74) is 2.08. The lowest BCUT2D eigenvalue weighted by atomic mass is 9.96. The van der Waals surface area contributed by atoms with Crippen LogP contribution in [0.15, 0.2) is 36.4 Å². The van der Waals surface area contributed by atoms with Crippen LogP contribution in [-0.4, -0.2) is 11.8 Å². The van der Waals surface area contributed by atoms with E-state index in [-0.39, 0.29) is 5.69 Å². The third-order valence-corrected chi connectivity index (χ3v) is 3.01. The zero-order valence-electron chi connectivity index (χ0n) is 11.4. The molecule has 0 fully saturated rings. The summed E-state index contributed by atoms with van der Waals surface area (Å²) < 4.78 is 53.8. The quantitative estimate of drug-likeness (QED) is 0.665. The number of rotatable bonds is 4. The SMILES string of the molecule is NC(=O)Nc1cccc(C(F)F)c1C(=O)c1c(F)cccc1F. The summed E-state index contributed by atoms with van der Waals surface area (Å²) >= 11 is 0. The van der Waals surface area contributed by atoms with Crippen molar-refractivity contribution in [1.29, 1.82) is 0 Å². The van der Waals surface area contributed by atoms with E-state index >= 15 is 0 Å². The number of ketones is 1. The van der Waals surface area contributed by atoms with Crippen molar-refractivity contribution in [3.05, 3.63) is 64.7 Å². The van der Waals surface area contributed by atoms with E-state index in [1.807, 2.05) is 5.32 Å². The van der Waals surface area contributed by atoms with Gasteiger partial charge in [-0.3, -0.25) is 4.79 Å². The van der Waals surface area contributed by atoms with E-state index in [9.17, 15) is 27.2 Å². The lowest BCUT2D eigenvalue weighted by Gasteiger charge is -2.14. The van der Waals surface area contributed by atoms with E-state index in [1.165, 1.54) is 0 Å². The predicted octanol–water partition coefficient (Wildman–Crippen LogP) is 3.62. The van der Waals surface area contributed by atoms with E-state index in [0.717, 1.165) is 36.4 Å². The van der Waals surface area contributed by atoms with Crippen molar-refractivity contribution in [2.75, 3.05) is 5.32 Å². The number of alkyl halides is 2. The first-order valence-electron chi connectivity index (χ1n) is 6.29. The summed E-state index contributed by atoms with van der Waals surface area (Å²) in [7, 11) is 0. The molecule has 0 aliphatic rings. The van der Waals surface area contributed by atoms with Gasteiger partial charge in [-0.1, -0.05) is 18.2 Å². The van der Waals surface area contributed by atoms with Gasteiger partial charge in [0.1, 0.15) is 11.6 Å². The minimum Gasteiger partial charge on any atom is -0.351 e. The van der Waals surface area contributed by atoms with Crippen LogP contribution in [0.4, 0.5) is 28.0 Å². The van der Waals surface area contributed by atoms with Gasteiger partial charge in [-0.05, 0) is 18.2 Å². The number of primary amides is 1. The standard InChI is InChI=1S/C15H10F4N2O2/c16-8-4-2-5-9(17)12(8)13(22)11-7(14(18)19)3-1-6-10(11)21-15(20)23/h1-6,14H,(H3,20,21,23). The molecular weight excluding hydrogens is 316 g/mol. The van der Waals surface area contributed by atoms with Crippen LogP contribution in [0, 0.1) is 11.6 Å². The van der Waals surface area contributed by atoms with Gasteiger partial charge >= 0.3 is 6.03 Å². The van der Waals surface area contributed by atoms with E-state index in [4.69, 9.17) is 5.73 Å². The molecule has 0 bridgehead atoms. The first-order chi connectivity index (χ1) is 10.8. The van der Waals surface area contributed by atoms with Crippen LogP contribution in [-0.2, 0) is 0 Å². The molecule has 2 aromatic rings. The van der Waals surface area contributed by atoms with Crippen LogP contribution in [0.25, 0.3) is 0 Å². The number of nitrogens with one attached hydrogen (secondary N) is 1. The molecular formula is C15H10F4N2O2. The minimum atomic E-state index is -3.10. The Morgan fingerprint density at radius 3 is 2.04 bits per heavy atom. The Morgan fingerprint density at radius 2 is 1.52 bits per heavy atom. The number of carbonyl (C=O) groups excluding carboxylic acids is 2. The van der Waals surface area contributed by atoms with Gasteiger partial charge in [0.25, 0.3) is 6.43 Å². The average molecular weight is 326 g/mol. The molecule has 0 aliphatic heterocycles. The fraction of sp³-hybridized carbons (Fsp3) is 0.0667. The van der Waals surface area contributed by atoms with Crippen molar-refractivity contribution >= 4 is 17.5 Å². The van der Waals surface area contributed by atoms with Crippen LogP contribution in [0.5, 0.6) is 0 Å². The lowest BCUT2D eigenvalue weighted by molar-refractivity contribution is 0.101. The molecule has 8 heteroatoms. The number of carbonyl (C=O) groups is 2. The molecule has 0 aliphatic carbocycles. The van der Waals surface area contributed by atoms with Gasteiger partial charge in [-0.2, -0.15) is 0 Å². The third-order valence-electron chi connectivity index (χ3n) is 3.01. The van der Waals surface area contributed by atoms with Crippen LogP contribution < -0.4 is 11.1 Å². The number of halogens is 4. The molecule has 23 heavy (non-hydrogen) atoms. The number of hydrogen-bond donors (Lipinski definition) is 2. The highest BCUT2D eigenvalue weighted by molar-refractivity contribution is 6.15. The molecule has 0 atom stereocenters. The second kappa shape index (κ2) is 6.47. The van der Waals surface area contributed by atoms with E-state index in [2.05, 4.69) is 0 Å². The van der Waals surface area contributed by atoms with Crippen LogP contribution in [0.3, 0.4) is 0 Å². The average Bonchev–Trinajstić information content (AvgIpc) is 2.45. The molecule has 3 N–H and O–H groups in total. The monoisotopic (exact) mass is 326 g/mol. The maximum absolute atomic E-state index is 13.8. The molecule has 0 unspecified atom stereocenters. The van der Waals surface area contributed by atoms with Crippen molar-refractivity contribution < 1.29 is 27.2 Å². The molecule has 0 saturated heterocycles. The summed E-state index contributed by atoms with van der Waals surface area (Å²) in [6, 6.07) is 4.76. The second-order valence-corrected chi connectivity index (χ2v) is 4.49. The maximum atomic E-state index is 13.8. The molecule has 2 rings (SSSR count). The highest BCUT2D eigenvalue weighted by Gasteiger charge is 2.27. The van der Waals surface area contributed by atoms with Crippen molar-refractivity contribution in [2.24, 2.45) is 5.73 Å². The molecule has 0 radical (unpaired) electrons. The van der Waals surface area contributed by atoms with Crippen LogP contribution >= 0.6 is 0 Å². The highest BCUT2D eigenvalue weighted by atomic mass is 19.3. The van der Waals surface area contributed by atoms with E-state index in [0.29, 0.717) is 0 Å². The van der Waals surface area contributed by atoms with Gasteiger partial charge in [0, 0.05) is 5.56 Å². The van der Waals surface area contributed by atoms with Crippen molar-refractivity contribution in [3.63, 3.8) is 0 Å². The van der Waals surface area contributed by atoms with E-state index in [1.54, 1.807) is 0 Å². The Kier molecular flexibility index (Phi) is 4.63. The lowest BCUT2D eigenvalue weighted by Crippen LogP contribution is -2.22. The van der Waals surface area contributed by atoms with Gasteiger partial charge in [0.15, 0.2) is 0 Å². The Hall–Kier alpha value is -2.90. The van der Waals surface area contributed by atoms with Gasteiger partial charge in [-0.15, -0.1) is 0 Å². The summed E-state index contributed by atoms with van der Waals surface area (Å²) in [5.74, 6) is -3.73. The Labute approximate surface area is 127 Å². The fourth-order valence-electron chi connectivity index (χ4n) is 2.08. The van der Waals surface area contributed by atoms with Gasteiger partial charge in [-0.25, -0.2) is 22.4 Å². The van der Waals surface area contributed by atoms with Crippen molar-refractivity contribution in [3.8, 4) is 0 Å². The smallest absolute Gasteiger partial charge is 0.316 e. The van der Waals surface area contributed by atoms with Gasteiger partial charge < -0.3 is 11.1 Å². The normalized spacial score (nSPS) is 10.7. The Balaban J connectivity index is 2.69. The highest BCUT2D eigenvalue weighted by Crippen LogP contribution is 2.31. The fourth-order valence-corrected chi connectivity index (χ4v) is 2.08. The number of hydrogen-bond acceptors (Lipinski definition) is 2. The van der Waals surface area contributed by atoms with Crippen LogP contribution in [0.2, 0.25) is 0 Å². The molecule has 2 amide bonds. The summed E-state index contributed by atoms with van der Waals surface area (Å²) in [6.07, 6.45) is -3.10. The van der Waals surface area contributed by atoms with Crippen LogP contribution in [0.1, 0.15) is 27.9 Å². The number of benzene rings is 2. The largest absolute Gasteiger partial charge is 0.351 e. The van der Waals surface area contributed by atoms with Crippen molar-refractivity contribution in [2.45, 2.75) is 6.43 Å². The molecule has 0 aromatic heterocycles. The Morgan fingerprint density at radius 1 is 0.957 bits per heavy atom. The number of anilines is 1. The molecule has 0 heterocycles. The Bertz CT molecular complexity index is 758. The first kappa shape index (κ1) is 16.5. The third kappa shape index (κ3) is 3.31. The second-order valence-electron chi connectivity index (χ2n) is 4.49. The maximum Gasteiger partial charge on any atom is 0.316 e. The number of urea groups is 1. The molecule has 120 valence electrons. The van der Waals surface area contributed by atoms with Crippen molar-refractivity contribution in [1.82, 2.24) is 0 Å². The molecule has 2 aromatic carbocycles. The summed E-state index contributed by atoms with van der Waals surface area (Å²) in [6.45, 7) is 0. The van der Waals surface area contributed by atoms with Gasteiger partial charge in [0.2, 0.25) is 5.78 Å². The zero-order chi connectivity index (χ0) is 17.1. The molecule has 0 saturated carbocycles. The molecule has 4 nitrogen and oxygen atoms in total. The summed E-state index contributed by atoms with van der Waals surface area (Å²) in [4.78, 5) is 23.4. The molecule has 0 spiro atoms. The predicted molar refractivity (Wildman–Crippen MR) is 74.4 cm³/mol. The number of amides is 2. The first-order valence-corrected chi connectivity index (χ1v) is 6.29. The summed E-state index contributed by atoms with van der Waals surface area (Å²) in [5, 5.41) is 2.00. The minimum absolute atomic E-state index is 0.358.